The molecule has 2 fully saturated rings. The van der Waals surface area contributed by atoms with Gasteiger partial charge in [0, 0.05) is 53.2 Å². The van der Waals surface area contributed by atoms with Crippen molar-refractivity contribution in [2.45, 2.75) is 19.8 Å². The first-order chi connectivity index (χ1) is 13.8. The van der Waals surface area contributed by atoms with E-state index in [-0.39, 0.29) is 36.4 Å². The van der Waals surface area contributed by atoms with Crippen molar-refractivity contribution in [3.05, 3.63) is 29.6 Å². The Balaban J connectivity index is 1.61. The van der Waals surface area contributed by atoms with Gasteiger partial charge in [-0.3, -0.25) is 19.3 Å². The third kappa shape index (κ3) is 4.93. The van der Waals surface area contributed by atoms with Crippen LogP contribution in [0.2, 0.25) is 0 Å². The number of halogens is 1. The number of hydrogen-bond donors (Lipinski definition) is 0. The number of nitrogens with zero attached hydrogens (tertiary/aromatic N) is 4. The fourth-order valence-corrected chi connectivity index (χ4v) is 3.88. The first kappa shape index (κ1) is 21.2. The van der Waals surface area contributed by atoms with Gasteiger partial charge in [0.25, 0.3) is 0 Å². The number of rotatable bonds is 4. The van der Waals surface area contributed by atoms with E-state index in [9.17, 15) is 18.8 Å². The Morgan fingerprint density at radius 1 is 1.17 bits per heavy atom. The standard InChI is InChI=1S/C21H29FN4O3/c1-15-5-6-18(17(22)11-15)26-13-16(12-19(26)27)21(29)25-8-4-7-24(9-10-25)14-20(28)23(2)3/h5-6,11,16H,4,7-10,12-14H2,1-3H3. The first-order valence-corrected chi connectivity index (χ1v) is 10.0. The molecule has 0 bridgehead atoms. The van der Waals surface area contributed by atoms with Gasteiger partial charge in [-0.2, -0.15) is 0 Å². The van der Waals surface area contributed by atoms with Crippen LogP contribution in [0.25, 0.3) is 0 Å². The molecule has 1 atom stereocenters. The van der Waals surface area contributed by atoms with Gasteiger partial charge in [0.05, 0.1) is 18.2 Å². The summed E-state index contributed by atoms with van der Waals surface area (Å²) in [5.41, 5.74) is 1.02. The van der Waals surface area contributed by atoms with E-state index in [0.29, 0.717) is 26.2 Å². The second-order valence-electron chi connectivity index (χ2n) is 8.10. The fourth-order valence-electron chi connectivity index (χ4n) is 3.88. The van der Waals surface area contributed by atoms with Crippen molar-refractivity contribution in [1.29, 1.82) is 0 Å². The van der Waals surface area contributed by atoms with Gasteiger partial charge in [-0.15, -0.1) is 0 Å². The maximum absolute atomic E-state index is 14.3. The zero-order valence-corrected chi connectivity index (χ0v) is 17.4. The molecule has 0 N–H and O–H groups in total. The summed E-state index contributed by atoms with van der Waals surface area (Å²) in [4.78, 5) is 44.2. The van der Waals surface area contributed by atoms with Crippen molar-refractivity contribution in [2.75, 3.05) is 58.3 Å². The van der Waals surface area contributed by atoms with Crippen LogP contribution in [-0.2, 0) is 14.4 Å². The van der Waals surface area contributed by atoms with Gasteiger partial charge in [-0.05, 0) is 31.0 Å². The van der Waals surface area contributed by atoms with Crippen molar-refractivity contribution in [2.24, 2.45) is 5.92 Å². The predicted molar refractivity (Wildman–Crippen MR) is 108 cm³/mol. The molecule has 0 radical (unpaired) electrons. The normalized spacial score (nSPS) is 20.7. The molecule has 0 spiro atoms. The average Bonchev–Trinajstić information content (AvgIpc) is 2.89. The van der Waals surface area contributed by atoms with Crippen LogP contribution in [0.5, 0.6) is 0 Å². The van der Waals surface area contributed by atoms with Crippen molar-refractivity contribution in [1.82, 2.24) is 14.7 Å². The summed E-state index contributed by atoms with van der Waals surface area (Å²) >= 11 is 0. The quantitative estimate of drug-likeness (QED) is 0.754. The van der Waals surface area contributed by atoms with E-state index in [1.54, 1.807) is 43.0 Å². The number of aryl methyl sites for hydroxylation is 1. The summed E-state index contributed by atoms with van der Waals surface area (Å²) in [5, 5.41) is 0. The number of amides is 3. The smallest absolute Gasteiger partial charge is 0.236 e. The van der Waals surface area contributed by atoms with E-state index in [4.69, 9.17) is 0 Å². The van der Waals surface area contributed by atoms with Crippen LogP contribution in [0, 0.1) is 18.7 Å². The van der Waals surface area contributed by atoms with E-state index in [2.05, 4.69) is 4.90 Å². The Kier molecular flexibility index (Phi) is 6.52. The number of anilines is 1. The Morgan fingerprint density at radius 3 is 2.62 bits per heavy atom. The highest BCUT2D eigenvalue weighted by Crippen LogP contribution is 2.29. The molecule has 2 aliphatic heterocycles. The van der Waals surface area contributed by atoms with E-state index >= 15 is 0 Å². The maximum atomic E-state index is 14.3. The van der Waals surface area contributed by atoms with Gasteiger partial charge in [-0.1, -0.05) is 6.07 Å². The minimum absolute atomic E-state index is 0.0435. The first-order valence-electron chi connectivity index (χ1n) is 10.0. The van der Waals surface area contributed by atoms with E-state index in [1.807, 2.05) is 0 Å². The topological polar surface area (TPSA) is 64.2 Å². The lowest BCUT2D eigenvalue weighted by atomic mass is 10.1. The largest absolute Gasteiger partial charge is 0.348 e. The summed E-state index contributed by atoms with van der Waals surface area (Å²) in [7, 11) is 3.46. The Bertz CT molecular complexity index is 798. The highest BCUT2D eigenvalue weighted by molar-refractivity contribution is 6.00. The highest BCUT2D eigenvalue weighted by atomic mass is 19.1. The molecule has 3 amide bonds. The molecule has 1 aromatic carbocycles. The number of carbonyl (C=O) groups excluding carboxylic acids is 3. The van der Waals surface area contributed by atoms with E-state index < -0.39 is 11.7 Å². The number of likely N-dealkylation sites (N-methyl/N-ethyl adjacent to an activating group) is 1. The van der Waals surface area contributed by atoms with Gasteiger partial charge in [0.2, 0.25) is 17.7 Å². The molecule has 0 aliphatic carbocycles. The van der Waals surface area contributed by atoms with Gasteiger partial charge in [0.1, 0.15) is 5.82 Å². The predicted octanol–water partition coefficient (Wildman–Crippen LogP) is 1.11. The second-order valence-corrected chi connectivity index (χ2v) is 8.10. The molecule has 29 heavy (non-hydrogen) atoms. The highest BCUT2D eigenvalue weighted by Gasteiger charge is 2.38. The SMILES string of the molecule is Cc1ccc(N2CC(C(=O)N3CCCN(CC(=O)N(C)C)CC3)CC2=O)c(F)c1. The molecule has 2 saturated heterocycles. The monoisotopic (exact) mass is 404 g/mol. The van der Waals surface area contributed by atoms with Gasteiger partial charge in [-0.25, -0.2) is 4.39 Å². The van der Waals surface area contributed by atoms with Crippen molar-refractivity contribution in [3.63, 3.8) is 0 Å². The van der Waals surface area contributed by atoms with Gasteiger partial charge >= 0.3 is 0 Å². The molecule has 1 aromatic rings. The zero-order chi connectivity index (χ0) is 21.1. The summed E-state index contributed by atoms with van der Waals surface area (Å²) < 4.78 is 14.3. The van der Waals surface area contributed by atoms with Crippen LogP contribution in [-0.4, -0.2) is 85.8 Å². The lowest BCUT2D eigenvalue weighted by Gasteiger charge is -2.25. The third-order valence-electron chi connectivity index (χ3n) is 5.63. The van der Waals surface area contributed by atoms with Gasteiger partial charge in [0.15, 0.2) is 0 Å². The lowest BCUT2D eigenvalue weighted by molar-refractivity contribution is -0.135. The van der Waals surface area contributed by atoms with E-state index in [0.717, 1.165) is 18.5 Å². The Hall–Kier alpha value is -2.48. The Labute approximate surface area is 171 Å². The van der Waals surface area contributed by atoms with Crippen molar-refractivity contribution in [3.8, 4) is 0 Å². The fraction of sp³-hybridized carbons (Fsp3) is 0.571. The number of benzene rings is 1. The lowest BCUT2D eigenvalue weighted by Crippen LogP contribution is -2.41. The minimum atomic E-state index is -0.460. The third-order valence-corrected chi connectivity index (χ3v) is 5.63. The molecule has 158 valence electrons. The molecule has 0 saturated carbocycles. The molecular formula is C21H29FN4O3. The van der Waals surface area contributed by atoms with Crippen LogP contribution in [0.1, 0.15) is 18.4 Å². The molecule has 8 heteroatoms. The van der Waals surface area contributed by atoms with Gasteiger partial charge < -0.3 is 14.7 Å². The van der Waals surface area contributed by atoms with Crippen LogP contribution >= 0.6 is 0 Å². The molecular weight excluding hydrogens is 375 g/mol. The molecule has 2 heterocycles. The molecule has 2 aliphatic rings. The van der Waals surface area contributed by atoms with Crippen LogP contribution in [0.3, 0.4) is 0 Å². The summed E-state index contributed by atoms with van der Waals surface area (Å²) in [6.45, 7) is 4.86. The minimum Gasteiger partial charge on any atom is -0.348 e. The van der Waals surface area contributed by atoms with Crippen LogP contribution in [0.15, 0.2) is 18.2 Å². The maximum Gasteiger partial charge on any atom is 0.236 e. The van der Waals surface area contributed by atoms with E-state index in [1.165, 1.54) is 11.0 Å². The average molecular weight is 404 g/mol. The Morgan fingerprint density at radius 2 is 1.93 bits per heavy atom. The molecule has 1 unspecified atom stereocenters. The van der Waals surface area contributed by atoms with Crippen LogP contribution < -0.4 is 4.90 Å². The number of hydrogen-bond acceptors (Lipinski definition) is 4. The van der Waals surface area contributed by atoms with Crippen molar-refractivity contribution < 1.29 is 18.8 Å². The molecule has 3 rings (SSSR count). The number of carbonyl (C=O) groups is 3. The van der Waals surface area contributed by atoms with Crippen LogP contribution in [0.4, 0.5) is 10.1 Å². The summed E-state index contributed by atoms with van der Waals surface area (Å²) in [6, 6.07) is 4.76. The molecule has 7 nitrogen and oxygen atoms in total. The molecule has 0 aromatic heterocycles. The van der Waals surface area contributed by atoms with Crippen molar-refractivity contribution >= 4 is 23.4 Å². The summed E-state index contributed by atoms with van der Waals surface area (Å²) in [6.07, 6.45) is 0.884. The summed E-state index contributed by atoms with van der Waals surface area (Å²) in [5.74, 6) is -1.14. The second kappa shape index (κ2) is 8.90. The zero-order valence-electron chi connectivity index (χ0n) is 17.4.